The third kappa shape index (κ3) is 2.48. The van der Waals surface area contributed by atoms with Crippen LogP contribution in [0.4, 0.5) is 11.5 Å². The molecule has 2 aliphatic heterocycles. The number of nitro groups is 1. The van der Waals surface area contributed by atoms with Gasteiger partial charge in [0.15, 0.2) is 0 Å². The van der Waals surface area contributed by atoms with Crippen LogP contribution in [-0.2, 0) is 16.8 Å². The summed E-state index contributed by atoms with van der Waals surface area (Å²) in [7, 11) is 0. The molecule has 0 amide bonds. The molecule has 126 valence electrons. The molecular formula is C17H19N3O3S. The number of thiophene rings is 1. The standard InChI is InChI=1S/C17H19N3O3S/c1-12-10-15(18-11-14(12)20(21)22)19-6-4-17(5-7-19)16-13(2-8-23-17)3-9-24-16/h3,9-11H,2,4-8H2,1H3. The lowest BCUT2D eigenvalue weighted by Crippen LogP contribution is -2.46. The van der Waals surface area contributed by atoms with Crippen molar-refractivity contribution in [1.29, 1.82) is 0 Å². The molecule has 6 nitrogen and oxygen atoms in total. The molecule has 0 bridgehead atoms. The van der Waals surface area contributed by atoms with Crippen LogP contribution in [0.3, 0.4) is 0 Å². The smallest absolute Gasteiger partial charge is 0.290 e. The molecule has 1 saturated heterocycles. The Bertz CT molecular complexity index is 781. The predicted molar refractivity (Wildman–Crippen MR) is 92.7 cm³/mol. The van der Waals surface area contributed by atoms with E-state index in [0.29, 0.717) is 5.56 Å². The SMILES string of the molecule is Cc1cc(N2CCC3(CC2)OCCc2ccsc23)ncc1[N+](=O)[O-]. The van der Waals surface area contributed by atoms with Gasteiger partial charge in [0.2, 0.25) is 0 Å². The molecule has 2 aromatic heterocycles. The number of rotatable bonds is 2. The van der Waals surface area contributed by atoms with Crippen LogP contribution >= 0.6 is 11.3 Å². The highest BCUT2D eigenvalue weighted by molar-refractivity contribution is 7.10. The van der Waals surface area contributed by atoms with Gasteiger partial charge in [0, 0.05) is 23.5 Å². The molecule has 0 unspecified atom stereocenters. The predicted octanol–water partition coefficient (Wildman–Crippen LogP) is 3.43. The Hall–Kier alpha value is -1.99. The van der Waals surface area contributed by atoms with Gasteiger partial charge in [-0.15, -0.1) is 11.3 Å². The highest BCUT2D eigenvalue weighted by Gasteiger charge is 2.42. The van der Waals surface area contributed by atoms with Crippen LogP contribution in [0.1, 0.15) is 28.8 Å². The average molecular weight is 345 g/mol. The van der Waals surface area contributed by atoms with Gasteiger partial charge in [0.25, 0.3) is 5.69 Å². The number of piperidine rings is 1. The van der Waals surface area contributed by atoms with Gasteiger partial charge in [0.05, 0.1) is 11.5 Å². The Labute approximate surface area is 144 Å². The Morgan fingerprint density at radius 3 is 2.92 bits per heavy atom. The maximum atomic E-state index is 10.9. The minimum Gasteiger partial charge on any atom is -0.369 e. The van der Waals surface area contributed by atoms with Crippen LogP contribution in [0.5, 0.6) is 0 Å². The van der Waals surface area contributed by atoms with Gasteiger partial charge < -0.3 is 9.64 Å². The Morgan fingerprint density at radius 2 is 2.21 bits per heavy atom. The third-order valence-corrected chi connectivity index (χ3v) is 6.21. The number of hydrogen-bond acceptors (Lipinski definition) is 6. The number of nitrogens with zero attached hydrogens (tertiary/aromatic N) is 3. The quantitative estimate of drug-likeness (QED) is 0.616. The molecular weight excluding hydrogens is 326 g/mol. The maximum absolute atomic E-state index is 10.9. The van der Waals surface area contributed by atoms with Crippen LogP contribution in [0.15, 0.2) is 23.7 Å². The van der Waals surface area contributed by atoms with Gasteiger partial charge >= 0.3 is 0 Å². The summed E-state index contributed by atoms with van der Waals surface area (Å²) in [6.07, 6.45) is 4.23. The Morgan fingerprint density at radius 1 is 1.42 bits per heavy atom. The lowest BCUT2D eigenvalue weighted by atomic mass is 9.85. The van der Waals surface area contributed by atoms with Crippen molar-refractivity contribution in [2.24, 2.45) is 0 Å². The number of hydrogen-bond donors (Lipinski definition) is 0. The summed E-state index contributed by atoms with van der Waals surface area (Å²) < 4.78 is 6.22. The summed E-state index contributed by atoms with van der Waals surface area (Å²) in [6, 6.07) is 4.03. The first kappa shape index (κ1) is 15.5. The molecule has 0 aromatic carbocycles. The second-order valence-electron chi connectivity index (χ2n) is 6.44. The van der Waals surface area contributed by atoms with E-state index < -0.39 is 0 Å². The first-order chi connectivity index (χ1) is 11.6. The zero-order valence-corrected chi connectivity index (χ0v) is 14.3. The molecule has 4 rings (SSSR count). The minimum absolute atomic E-state index is 0.0751. The molecule has 2 aromatic rings. The van der Waals surface area contributed by atoms with E-state index in [9.17, 15) is 10.1 Å². The van der Waals surface area contributed by atoms with E-state index in [-0.39, 0.29) is 16.2 Å². The van der Waals surface area contributed by atoms with Crippen molar-refractivity contribution < 1.29 is 9.66 Å². The molecule has 4 heterocycles. The summed E-state index contributed by atoms with van der Waals surface area (Å²) in [5, 5.41) is 13.1. The van der Waals surface area contributed by atoms with Crippen LogP contribution in [0.2, 0.25) is 0 Å². The van der Waals surface area contributed by atoms with E-state index in [4.69, 9.17) is 4.74 Å². The van der Waals surface area contributed by atoms with Gasteiger partial charge in [-0.05, 0) is 49.3 Å². The van der Waals surface area contributed by atoms with E-state index in [1.807, 2.05) is 6.07 Å². The number of anilines is 1. The fourth-order valence-corrected chi connectivity index (χ4v) is 4.89. The highest BCUT2D eigenvalue weighted by atomic mass is 32.1. The minimum atomic E-state index is -0.383. The molecule has 0 aliphatic carbocycles. The molecule has 2 aliphatic rings. The normalized spacial score (nSPS) is 19.3. The Balaban J connectivity index is 1.53. The first-order valence-corrected chi connectivity index (χ1v) is 9.04. The lowest BCUT2D eigenvalue weighted by Gasteiger charge is -2.44. The number of fused-ring (bicyclic) bond motifs is 2. The van der Waals surface area contributed by atoms with E-state index in [1.54, 1.807) is 18.3 Å². The molecule has 0 saturated carbocycles. The summed E-state index contributed by atoms with van der Waals surface area (Å²) >= 11 is 1.80. The van der Waals surface area contributed by atoms with Gasteiger partial charge in [-0.2, -0.15) is 0 Å². The fraction of sp³-hybridized carbons (Fsp3) is 0.471. The first-order valence-electron chi connectivity index (χ1n) is 8.16. The second kappa shape index (κ2) is 5.82. The Kier molecular flexibility index (Phi) is 3.77. The van der Waals surface area contributed by atoms with Gasteiger partial charge in [0.1, 0.15) is 17.6 Å². The molecule has 0 N–H and O–H groups in total. The van der Waals surface area contributed by atoms with Crippen molar-refractivity contribution in [2.75, 3.05) is 24.6 Å². The van der Waals surface area contributed by atoms with Crippen molar-refractivity contribution in [2.45, 2.75) is 31.8 Å². The van der Waals surface area contributed by atoms with Crippen molar-refractivity contribution >= 4 is 22.8 Å². The van der Waals surface area contributed by atoms with E-state index in [0.717, 1.165) is 44.8 Å². The monoisotopic (exact) mass is 345 g/mol. The largest absolute Gasteiger partial charge is 0.369 e. The van der Waals surface area contributed by atoms with Gasteiger partial charge in [-0.3, -0.25) is 10.1 Å². The van der Waals surface area contributed by atoms with Crippen LogP contribution < -0.4 is 4.90 Å². The van der Waals surface area contributed by atoms with Crippen molar-refractivity contribution in [3.05, 3.63) is 49.8 Å². The topological polar surface area (TPSA) is 68.5 Å². The summed E-state index contributed by atoms with van der Waals surface area (Å²) in [5.41, 5.74) is 2.02. The lowest BCUT2D eigenvalue weighted by molar-refractivity contribution is -0.385. The summed E-state index contributed by atoms with van der Waals surface area (Å²) in [4.78, 5) is 18.4. The van der Waals surface area contributed by atoms with E-state index >= 15 is 0 Å². The highest BCUT2D eigenvalue weighted by Crippen LogP contribution is 2.44. The van der Waals surface area contributed by atoms with Crippen molar-refractivity contribution in [3.8, 4) is 0 Å². The zero-order valence-electron chi connectivity index (χ0n) is 13.5. The molecule has 1 fully saturated rings. The number of ether oxygens (including phenoxy) is 1. The van der Waals surface area contributed by atoms with E-state index in [2.05, 4.69) is 21.3 Å². The van der Waals surface area contributed by atoms with Crippen LogP contribution in [0, 0.1) is 17.0 Å². The second-order valence-corrected chi connectivity index (χ2v) is 7.36. The van der Waals surface area contributed by atoms with Crippen LogP contribution in [-0.4, -0.2) is 29.6 Å². The van der Waals surface area contributed by atoms with E-state index in [1.165, 1.54) is 16.6 Å². The van der Waals surface area contributed by atoms with Crippen molar-refractivity contribution in [1.82, 2.24) is 4.98 Å². The molecule has 7 heteroatoms. The number of aromatic nitrogens is 1. The van der Waals surface area contributed by atoms with Gasteiger partial charge in [-0.1, -0.05) is 0 Å². The fourth-order valence-electron chi connectivity index (χ4n) is 3.72. The summed E-state index contributed by atoms with van der Waals surface area (Å²) in [6.45, 7) is 4.25. The van der Waals surface area contributed by atoms with Gasteiger partial charge in [-0.25, -0.2) is 4.98 Å². The molecule has 24 heavy (non-hydrogen) atoms. The maximum Gasteiger partial charge on any atom is 0.290 e. The molecule has 0 atom stereocenters. The van der Waals surface area contributed by atoms with Crippen LogP contribution in [0.25, 0.3) is 0 Å². The number of aryl methyl sites for hydroxylation is 1. The number of pyridine rings is 1. The average Bonchev–Trinajstić information content (AvgIpc) is 3.05. The zero-order chi connectivity index (χ0) is 16.7. The molecule has 0 radical (unpaired) electrons. The molecule has 1 spiro atoms. The third-order valence-electron chi connectivity index (χ3n) is 5.07. The van der Waals surface area contributed by atoms with Crippen molar-refractivity contribution in [3.63, 3.8) is 0 Å². The summed E-state index contributed by atoms with van der Waals surface area (Å²) in [5.74, 6) is 0.815.